The lowest BCUT2D eigenvalue weighted by molar-refractivity contribution is -0.131. The SMILES string of the molecule is CC(Sc1nnc(-c2ccccc2)n1-c1ccccc1)C(=O)N(C)C1CCCCC1. The van der Waals surface area contributed by atoms with Crippen molar-refractivity contribution in [3.63, 3.8) is 0 Å². The average Bonchev–Trinajstić information content (AvgIpc) is 3.23. The molecule has 30 heavy (non-hydrogen) atoms. The van der Waals surface area contributed by atoms with Crippen molar-refractivity contribution in [2.24, 2.45) is 0 Å². The minimum Gasteiger partial charge on any atom is -0.342 e. The van der Waals surface area contributed by atoms with Crippen LogP contribution in [0.5, 0.6) is 0 Å². The zero-order chi connectivity index (χ0) is 20.9. The predicted octanol–water partition coefficient (Wildman–Crippen LogP) is 5.21. The van der Waals surface area contributed by atoms with Crippen molar-refractivity contribution >= 4 is 17.7 Å². The first-order valence-electron chi connectivity index (χ1n) is 10.6. The van der Waals surface area contributed by atoms with Crippen molar-refractivity contribution in [3.8, 4) is 17.1 Å². The van der Waals surface area contributed by atoms with Crippen molar-refractivity contribution in [1.29, 1.82) is 0 Å². The minimum absolute atomic E-state index is 0.163. The monoisotopic (exact) mass is 420 g/mol. The molecule has 0 spiro atoms. The number of benzene rings is 2. The number of aromatic nitrogens is 3. The molecule has 1 heterocycles. The van der Waals surface area contributed by atoms with Gasteiger partial charge in [-0.1, -0.05) is 79.6 Å². The molecule has 1 aliphatic rings. The Balaban J connectivity index is 1.61. The summed E-state index contributed by atoms with van der Waals surface area (Å²) in [6.45, 7) is 1.97. The van der Waals surface area contributed by atoms with Crippen LogP contribution in [0.4, 0.5) is 0 Å². The lowest BCUT2D eigenvalue weighted by Gasteiger charge is -2.32. The molecule has 1 amide bonds. The van der Waals surface area contributed by atoms with E-state index in [1.165, 1.54) is 31.0 Å². The van der Waals surface area contributed by atoms with Crippen LogP contribution in [-0.2, 0) is 4.79 Å². The number of hydrogen-bond acceptors (Lipinski definition) is 4. The fourth-order valence-corrected chi connectivity index (χ4v) is 5.04. The van der Waals surface area contributed by atoms with E-state index in [0.29, 0.717) is 6.04 Å². The largest absolute Gasteiger partial charge is 0.342 e. The van der Waals surface area contributed by atoms with Gasteiger partial charge in [0.15, 0.2) is 11.0 Å². The molecule has 6 heteroatoms. The minimum atomic E-state index is -0.229. The smallest absolute Gasteiger partial charge is 0.235 e. The second kappa shape index (κ2) is 9.47. The van der Waals surface area contributed by atoms with Crippen LogP contribution in [0.2, 0.25) is 0 Å². The first-order chi connectivity index (χ1) is 14.6. The number of thioether (sulfide) groups is 1. The number of nitrogens with zero attached hydrogens (tertiary/aromatic N) is 4. The number of carbonyl (C=O) groups is 1. The van der Waals surface area contributed by atoms with Gasteiger partial charge in [-0.05, 0) is 31.9 Å². The molecule has 5 nitrogen and oxygen atoms in total. The normalized spacial score (nSPS) is 15.7. The van der Waals surface area contributed by atoms with E-state index in [1.807, 2.05) is 84.1 Å². The lowest BCUT2D eigenvalue weighted by Crippen LogP contribution is -2.42. The predicted molar refractivity (Wildman–Crippen MR) is 122 cm³/mol. The standard InChI is InChI=1S/C24H28N4OS/c1-18(23(29)27(2)20-14-8-4-9-15-20)30-24-26-25-22(19-12-6-3-7-13-19)28(24)21-16-10-5-11-17-21/h3,5-7,10-13,16-18,20H,4,8-9,14-15H2,1-2H3. The van der Waals surface area contributed by atoms with Crippen LogP contribution in [0.15, 0.2) is 65.8 Å². The molecule has 1 atom stereocenters. The van der Waals surface area contributed by atoms with Gasteiger partial charge in [-0.15, -0.1) is 10.2 Å². The van der Waals surface area contributed by atoms with Gasteiger partial charge in [-0.25, -0.2) is 0 Å². The Hall–Kier alpha value is -2.60. The van der Waals surface area contributed by atoms with Gasteiger partial charge in [-0.2, -0.15) is 0 Å². The third kappa shape index (κ3) is 4.43. The van der Waals surface area contributed by atoms with Crippen molar-refractivity contribution in [3.05, 3.63) is 60.7 Å². The summed E-state index contributed by atoms with van der Waals surface area (Å²) in [4.78, 5) is 15.1. The highest BCUT2D eigenvalue weighted by Gasteiger charge is 2.28. The molecule has 1 fully saturated rings. The van der Waals surface area contributed by atoms with Gasteiger partial charge in [0.1, 0.15) is 0 Å². The van der Waals surface area contributed by atoms with Gasteiger partial charge in [-0.3, -0.25) is 9.36 Å². The summed E-state index contributed by atoms with van der Waals surface area (Å²) in [6, 6.07) is 20.5. The Kier molecular flexibility index (Phi) is 6.53. The molecule has 1 aromatic heterocycles. The molecule has 0 saturated heterocycles. The Morgan fingerprint density at radius 3 is 2.30 bits per heavy atom. The van der Waals surface area contributed by atoms with Crippen LogP contribution >= 0.6 is 11.8 Å². The van der Waals surface area contributed by atoms with E-state index >= 15 is 0 Å². The average molecular weight is 421 g/mol. The molecule has 1 unspecified atom stereocenters. The Bertz CT molecular complexity index is 967. The van der Waals surface area contributed by atoms with Gasteiger partial charge >= 0.3 is 0 Å². The van der Waals surface area contributed by atoms with Crippen molar-refractivity contribution in [2.75, 3.05) is 7.05 Å². The van der Waals surface area contributed by atoms with Crippen molar-refractivity contribution in [1.82, 2.24) is 19.7 Å². The summed E-state index contributed by atoms with van der Waals surface area (Å²) in [5, 5.41) is 9.45. The molecule has 0 N–H and O–H groups in total. The number of para-hydroxylation sites is 1. The first-order valence-corrected chi connectivity index (χ1v) is 11.5. The fourth-order valence-electron chi connectivity index (χ4n) is 4.07. The molecule has 3 aromatic rings. The lowest BCUT2D eigenvalue weighted by atomic mass is 9.94. The highest BCUT2D eigenvalue weighted by molar-refractivity contribution is 8.00. The second-order valence-corrected chi connectivity index (χ2v) is 9.15. The van der Waals surface area contributed by atoms with Gasteiger partial charge < -0.3 is 4.90 Å². The second-order valence-electron chi connectivity index (χ2n) is 7.84. The number of hydrogen-bond donors (Lipinski definition) is 0. The molecule has 2 aromatic carbocycles. The summed E-state index contributed by atoms with van der Waals surface area (Å²) in [6.07, 6.45) is 5.93. The number of amides is 1. The maximum Gasteiger partial charge on any atom is 0.235 e. The zero-order valence-electron chi connectivity index (χ0n) is 17.6. The van der Waals surface area contributed by atoms with E-state index in [1.54, 1.807) is 0 Å². The molecule has 156 valence electrons. The van der Waals surface area contributed by atoms with Crippen molar-refractivity contribution in [2.45, 2.75) is 55.5 Å². The third-order valence-corrected chi connectivity index (χ3v) is 6.81. The number of rotatable bonds is 6. The van der Waals surface area contributed by atoms with E-state index in [4.69, 9.17) is 0 Å². The third-order valence-electron chi connectivity index (χ3n) is 5.78. The van der Waals surface area contributed by atoms with Gasteiger partial charge in [0.25, 0.3) is 0 Å². The summed E-state index contributed by atoms with van der Waals surface area (Å²) in [5.41, 5.74) is 1.99. The molecule has 4 rings (SSSR count). The number of carbonyl (C=O) groups excluding carboxylic acids is 1. The molecule has 0 bridgehead atoms. The molecular formula is C24H28N4OS. The van der Waals surface area contributed by atoms with E-state index in [-0.39, 0.29) is 11.2 Å². The topological polar surface area (TPSA) is 51.0 Å². The molecule has 1 saturated carbocycles. The van der Waals surface area contributed by atoms with Crippen LogP contribution in [-0.4, -0.2) is 43.9 Å². The van der Waals surface area contributed by atoms with Crippen LogP contribution in [0, 0.1) is 0 Å². The fraction of sp³-hybridized carbons (Fsp3) is 0.375. The zero-order valence-corrected chi connectivity index (χ0v) is 18.4. The first kappa shape index (κ1) is 20.7. The summed E-state index contributed by atoms with van der Waals surface area (Å²) in [7, 11) is 1.95. The maximum atomic E-state index is 13.1. The van der Waals surface area contributed by atoms with Crippen LogP contribution < -0.4 is 0 Å². The molecule has 0 radical (unpaired) electrons. The highest BCUT2D eigenvalue weighted by Crippen LogP contribution is 2.31. The van der Waals surface area contributed by atoms with Gasteiger partial charge in [0.05, 0.1) is 5.25 Å². The van der Waals surface area contributed by atoms with Crippen LogP contribution in [0.1, 0.15) is 39.0 Å². The van der Waals surface area contributed by atoms with Crippen LogP contribution in [0.25, 0.3) is 17.1 Å². The summed E-state index contributed by atoms with van der Waals surface area (Å²) < 4.78 is 2.05. The summed E-state index contributed by atoms with van der Waals surface area (Å²) >= 11 is 1.48. The van der Waals surface area contributed by atoms with Crippen molar-refractivity contribution < 1.29 is 4.79 Å². The van der Waals surface area contributed by atoms with Crippen LogP contribution in [0.3, 0.4) is 0 Å². The van der Waals surface area contributed by atoms with Gasteiger partial charge in [0.2, 0.25) is 5.91 Å². The molecule has 0 aliphatic heterocycles. The molecular weight excluding hydrogens is 392 g/mol. The molecule has 1 aliphatic carbocycles. The van der Waals surface area contributed by atoms with E-state index in [9.17, 15) is 4.79 Å². The highest BCUT2D eigenvalue weighted by atomic mass is 32.2. The Morgan fingerprint density at radius 2 is 1.63 bits per heavy atom. The van der Waals surface area contributed by atoms with E-state index in [2.05, 4.69) is 10.2 Å². The summed E-state index contributed by atoms with van der Waals surface area (Å²) in [5.74, 6) is 0.945. The van der Waals surface area contributed by atoms with E-state index < -0.39 is 0 Å². The van der Waals surface area contributed by atoms with E-state index in [0.717, 1.165) is 35.1 Å². The Labute approximate surface area is 182 Å². The quantitative estimate of drug-likeness (QED) is 0.514. The Morgan fingerprint density at radius 1 is 1.00 bits per heavy atom. The van der Waals surface area contributed by atoms with Gasteiger partial charge in [0, 0.05) is 24.3 Å². The maximum absolute atomic E-state index is 13.1.